The Morgan fingerprint density at radius 2 is 1.83 bits per heavy atom. The van der Waals surface area contributed by atoms with E-state index in [1.54, 1.807) is 4.90 Å². The van der Waals surface area contributed by atoms with Gasteiger partial charge in [0.25, 0.3) is 11.8 Å². The predicted octanol–water partition coefficient (Wildman–Crippen LogP) is 5.24. The standard InChI is InChI=1S/C28H26F2N4O4.C2H6.CH4.H2/c1-18-7-5-6-12-32-17-34(18)33-15-22(27(36)31-14-20-10-11-21(29)13-23(20)30)25(35)26(24(33)28(32)37)38-16-19-8-3-2-4-9-19;1-2;;/h2-6,8-11,13,15,18H,7,12,14,16-17H2,1H3,(H,31,36);1-2H3;1H4;1H/b6-5-;;;/t18-;;;/m1.../s1. The van der Waals surface area contributed by atoms with Crippen LogP contribution in [0, 0.1) is 11.6 Å². The van der Waals surface area contributed by atoms with Crippen molar-refractivity contribution in [2.24, 2.45) is 0 Å². The number of nitrogens with zero attached hydrogens (tertiary/aromatic N) is 3. The van der Waals surface area contributed by atoms with Crippen molar-refractivity contribution in [2.75, 3.05) is 18.2 Å². The van der Waals surface area contributed by atoms with E-state index in [9.17, 15) is 23.2 Å². The average molecular weight is 569 g/mol. The molecule has 2 aliphatic rings. The van der Waals surface area contributed by atoms with Gasteiger partial charge in [-0.2, -0.15) is 0 Å². The van der Waals surface area contributed by atoms with Crippen molar-refractivity contribution in [3.63, 3.8) is 0 Å². The molecule has 2 aliphatic heterocycles. The molecule has 2 bridgehead atoms. The van der Waals surface area contributed by atoms with Crippen LogP contribution in [0.3, 0.4) is 0 Å². The third-order valence-electron chi connectivity index (χ3n) is 6.63. The van der Waals surface area contributed by atoms with Gasteiger partial charge in [-0.05, 0) is 25.0 Å². The lowest BCUT2D eigenvalue weighted by Crippen LogP contribution is -2.58. The normalized spacial score (nSPS) is 16.2. The number of halogens is 2. The van der Waals surface area contributed by atoms with Gasteiger partial charge in [0.1, 0.15) is 30.5 Å². The zero-order valence-electron chi connectivity index (χ0n) is 22.7. The van der Waals surface area contributed by atoms with Crippen molar-refractivity contribution in [1.29, 1.82) is 0 Å². The first-order valence-corrected chi connectivity index (χ1v) is 13.2. The van der Waals surface area contributed by atoms with E-state index in [1.807, 2.05) is 68.3 Å². The summed E-state index contributed by atoms with van der Waals surface area (Å²) in [4.78, 5) is 41.9. The molecular weight excluding hydrogens is 530 g/mol. The molecule has 0 saturated heterocycles. The summed E-state index contributed by atoms with van der Waals surface area (Å²) in [6, 6.07) is 12.1. The highest BCUT2D eigenvalue weighted by Crippen LogP contribution is 2.26. The molecule has 10 heteroatoms. The molecule has 2 amide bonds. The lowest BCUT2D eigenvalue weighted by atomic mass is 10.1. The molecule has 220 valence electrons. The Hall–Kier alpha value is -4.47. The van der Waals surface area contributed by atoms with Gasteiger partial charge < -0.3 is 15.0 Å². The minimum Gasteiger partial charge on any atom is -0.482 e. The van der Waals surface area contributed by atoms with Crippen LogP contribution in [-0.2, 0) is 13.2 Å². The molecular formula is C31H38F2N4O4. The lowest BCUT2D eigenvalue weighted by molar-refractivity contribution is 0.0691. The van der Waals surface area contributed by atoms with Crippen LogP contribution in [0.5, 0.6) is 5.75 Å². The molecule has 0 fully saturated rings. The van der Waals surface area contributed by atoms with Crippen LogP contribution in [0.15, 0.2) is 71.7 Å². The number of benzene rings is 2. The fourth-order valence-electron chi connectivity index (χ4n) is 4.50. The van der Waals surface area contributed by atoms with Gasteiger partial charge >= 0.3 is 0 Å². The number of nitrogens with one attached hydrogen (secondary N) is 1. The van der Waals surface area contributed by atoms with E-state index in [4.69, 9.17) is 4.74 Å². The first-order valence-electron chi connectivity index (χ1n) is 13.2. The lowest BCUT2D eigenvalue weighted by Gasteiger charge is -2.43. The maximum atomic E-state index is 14.1. The first-order chi connectivity index (χ1) is 19.3. The number of pyridine rings is 1. The van der Waals surface area contributed by atoms with Gasteiger partial charge in [-0.1, -0.05) is 69.8 Å². The number of ether oxygens (including phenoxy) is 1. The Labute approximate surface area is 240 Å². The van der Waals surface area contributed by atoms with E-state index in [-0.39, 0.29) is 63.2 Å². The third kappa shape index (κ3) is 6.65. The quantitative estimate of drug-likeness (QED) is 0.411. The summed E-state index contributed by atoms with van der Waals surface area (Å²) in [6.07, 6.45) is 5.93. The fraction of sp³-hybridized carbons (Fsp3) is 0.323. The molecule has 2 aromatic carbocycles. The van der Waals surface area contributed by atoms with Crippen LogP contribution in [0.4, 0.5) is 8.78 Å². The molecule has 3 aromatic rings. The summed E-state index contributed by atoms with van der Waals surface area (Å²) in [5.74, 6) is -2.94. The van der Waals surface area contributed by atoms with E-state index in [0.717, 1.165) is 17.7 Å². The van der Waals surface area contributed by atoms with Crippen molar-refractivity contribution in [3.8, 4) is 5.75 Å². The van der Waals surface area contributed by atoms with Crippen LogP contribution in [-0.4, -0.2) is 40.6 Å². The highest BCUT2D eigenvalue weighted by atomic mass is 19.1. The van der Waals surface area contributed by atoms with Crippen LogP contribution in [0.2, 0.25) is 0 Å². The van der Waals surface area contributed by atoms with Crippen molar-refractivity contribution in [3.05, 3.63) is 111 Å². The van der Waals surface area contributed by atoms with Crippen LogP contribution in [0.1, 0.15) is 68.0 Å². The number of carbonyl (C=O) groups is 2. The number of amides is 2. The molecule has 0 aliphatic carbocycles. The Morgan fingerprint density at radius 1 is 1.10 bits per heavy atom. The summed E-state index contributed by atoms with van der Waals surface area (Å²) in [7, 11) is 0. The zero-order valence-corrected chi connectivity index (χ0v) is 22.7. The highest BCUT2D eigenvalue weighted by Gasteiger charge is 2.36. The van der Waals surface area contributed by atoms with E-state index in [1.165, 1.54) is 16.9 Å². The Kier molecular flexibility index (Phi) is 10.4. The Balaban J connectivity index is 0.00000151. The topological polar surface area (TPSA) is 83.9 Å². The summed E-state index contributed by atoms with van der Waals surface area (Å²) in [5, 5.41) is 4.42. The summed E-state index contributed by atoms with van der Waals surface area (Å²) in [5.41, 5.74) is -0.124. The van der Waals surface area contributed by atoms with Gasteiger partial charge in [0.2, 0.25) is 5.43 Å². The molecule has 0 saturated carbocycles. The molecule has 0 spiro atoms. The van der Waals surface area contributed by atoms with Gasteiger partial charge in [0.15, 0.2) is 11.4 Å². The summed E-state index contributed by atoms with van der Waals surface area (Å²) in [6.45, 7) is 6.37. The molecule has 41 heavy (non-hydrogen) atoms. The molecule has 1 N–H and O–H groups in total. The van der Waals surface area contributed by atoms with Gasteiger partial charge in [-0.25, -0.2) is 8.78 Å². The second-order valence-electron chi connectivity index (χ2n) is 9.25. The minimum absolute atomic E-state index is 0. The number of carbonyl (C=O) groups excluding carboxylic acids is 2. The van der Waals surface area contributed by atoms with E-state index < -0.39 is 23.0 Å². The monoisotopic (exact) mass is 568 g/mol. The van der Waals surface area contributed by atoms with E-state index in [2.05, 4.69) is 5.32 Å². The van der Waals surface area contributed by atoms with Gasteiger partial charge in [-0.3, -0.25) is 24.1 Å². The molecule has 0 radical (unpaired) electrons. The van der Waals surface area contributed by atoms with Crippen molar-refractivity contribution in [1.82, 2.24) is 14.9 Å². The van der Waals surface area contributed by atoms with Crippen molar-refractivity contribution in [2.45, 2.75) is 53.8 Å². The van der Waals surface area contributed by atoms with E-state index >= 15 is 0 Å². The minimum atomic E-state index is -0.812. The first kappa shape index (κ1) is 31.1. The van der Waals surface area contributed by atoms with Crippen LogP contribution < -0.4 is 20.5 Å². The molecule has 3 heterocycles. The number of aromatic nitrogens is 1. The maximum absolute atomic E-state index is 14.1. The summed E-state index contributed by atoms with van der Waals surface area (Å²) >= 11 is 0. The molecule has 1 atom stereocenters. The second kappa shape index (κ2) is 13.7. The second-order valence-corrected chi connectivity index (χ2v) is 9.25. The number of rotatable bonds is 6. The molecule has 1 aromatic heterocycles. The van der Waals surface area contributed by atoms with Gasteiger partial charge in [-0.15, -0.1) is 0 Å². The maximum Gasteiger partial charge on any atom is 0.278 e. The third-order valence-corrected chi connectivity index (χ3v) is 6.63. The van der Waals surface area contributed by atoms with E-state index in [0.29, 0.717) is 13.0 Å². The molecule has 5 rings (SSSR count). The van der Waals surface area contributed by atoms with Crippen molar-refractivity contribution >= 4 is 11.8 Å². The smallest absolute Gasteiger partial charge is 0.278 e. The summed E-state index contributed by atoms with van der Waals surface area (Å²) < 4.78 is 34.8. The SMILES string of the molecule is C.CC.C[C@@H]1C/C=C\CN2CN1n1cc(C(=O)NCc3ccc(F)cc3F)c(=O)c(OCc3ccccc3)c1C2=O.[HH]. The fourth-order valence-corrected chi connectivity index (χ4v) is 4.50. The Morgan fingerprint density at radius 3 is 2.54 bits per heavy atom. The number of hydrogen-bond acceptors (Lipinski definition) is 5. The van der Waals surface area contributed by atoms with Gasteiger partial charge in [0, 0.05) is 38.4 Å². The highest BCUT2D eigenvalue weighted by molar-refractivity contribution is 5.99. The zero-order chi connectivity index (χ0) is 28.8. The number of fused-ring (bicyclic) bond motifs is 4. The largest absolute Gasteiger partial charge is 0.482 e. The predicted molar refractivity (Wildman–Crippen MR) is 157 cm³/mol. The molecule has 0 unspecified atom stereocenters. The van der Waals surface area contributed by atoms with Crippen LogP contribution in [0.25, 0.3) is 0 Å². The van der Waals surface area contributed by atoms with Crippen molar-refractivity contribution < 1.29 is 24.5 Å². The molecule has 8 nitrogen and oxygen atoms in total. The van der Waals surface area contributed by atoms with Crippen LogP contribution >= 0.6 is 0 Å². The average Bonchev–Trinajstić information content (AvgIpc) is 2.95. The number of hydrogen-bond donors (Lipinski definition) is 1. The Bertz CT molecular complexity index is 1480. The van der Waals surface area contributed by atoms with Gasteiger partial charge in [0.05, 0.1) is 0 Å².